The number of hydrogen-bond acceptors (Lipinski definition) is 3. The quantitative estimate of drug-likeness (QED) is 0.192. The molecule has 11 rings (SSSR count). The molecule has 0 saturated heterocycles. The Morgan fingerprint density at radius 2 is 1.10 bits per heavy atom. The highest BCUT2D eigenvalue weighted by Crippen LogP contribution is 2.53. The van der Waals surface area contributed by atoms with E-state index in [-0.39, 0.29) is 5.41 Å². The maximum Gasteiger partial charge on any atom is 0.147 e. The second-order valence-electron chi connectivity index (χ2n) is 14.1. The van der Waals surface area contributed by atoms with E-state index in [1.165, 1.54) is 33.0 Å². The standard InChI is InChI=1S/C47H31NO2/c1-47(2)37-18-9-7-14-32(37)33-25-24-31(27-38(33)47)48(30-23-22-28-12-3-4-13-29(28)26-30)39-19-11-21-41-43(39)44-45(50-41)35-16-6-5-15-34(35)42-36-17-8-10-20-40(36)49-46(42)44/h3-27H,1-2H3. The number of rotatable bonds is 3. The van der Waals surface area contributed by atoms with Crippen LogP contribution in [0.2, 0.25) is 0 Å². The molecule has 2 aromatic heterocycles. The fourth-order valence-electron chi connectivity index (χ4n) is 8.69. The van der Waals surface area contributed by atoms with Crippen LogP contribution in [0.25, 0.3) is 76.5 Å². The van der Waals surface area contributed by atoms with E-state index in [1.807, 2.05) is 6.07 Å². The first-order valence-corrected chi connectivity index (χ1v) is 17.3. The normalized spacial score (nSPS) is 13.6. The van der Waals surface area contributed by atoms with Crippen molar-refractivity contribution in [3.63, 3.8) is 0 Å². The Balaban J connectivity index is 1.26. The van der Waals surface area contributed by atoms with Gasteiger partial charge in [-0.3, -0.25) is 0 Å². The van der Waals surface area contributed by atoms with Gasteiger partial charge in [-0.15, -0.1) is 0 Å². The molecule has 0 saturated carbocycles. The Labute approximate surface area is 288 Å². The van der Waals surface area contributed by atoms with E-state index < -0.39 is 0 Å². The first kappa shape index (κ1) is 27.6. The summed E-state index contributed by atoms with van der Waals surface area (Å²) in [5.41, 5.74) is 11.8. The van der Waals surface area contributed by atoms with Crippen LogP contribution in [0.1, 0.15) is 25.0 Å². The summed E-state index contributed by atoms with van der Waals surface area (Å²) in [7, 11) is 0. The molecule has 10 aromatic rings. The van der Waals surface area contributed by atoms with Gasteiger partial charge in [-0.1, -0.05) is 123 Å². The molecular formula is C47H31NO2. The smallest absolute Gasteiger partial charge is 0.147 e. The summed E-state index contributed by atoms with van der Waals surface area (Å²) in [4.78, 5) is 2.41. The number of anilines is 3. The molecule has 8 aromatic carbocycles. The molecule has 3 heteroatoms. The predicted molar refractivity (Wildman–Crippen MR) is 208 cm³/mol. The van der Waals surface area contributed by atoms with Crippen molar-refractivity contribution in [1.82, 2.24) is 0 Å². The van der Waals surface area contributed by atoms with Gasteiger partial charge < -0.3 is 13.7 Å². The Morgan fingerprint density at radius 1 is 0.440 bits per heavy atom. The van der Waals surface area contributed by atoms with Crippen LogP contribution in [-0.4, -0.2) is 0 Å². The molecule has 1 aliphatic rings. The Morgan fingerprint density at radius 3 is 2.00 bits per heavy atom. The van der Waals surface area contributed by atoms with Crippen LogP contribution in [0.5, 0.6) is 0 Å². The van der Waals surface area contributed by atoms with Gasteiger partial charge in [0.25, 0.3) is 0 Å². The highest BCUT2D eigenvalue weighted by atomic mass is 16.3. The summed E-state index contributed by atoms with van der Waals surface area (Å²) in [5, 5.41) is 8.89. The van der Waals surface area contributed by atoms with E-state index >= 15 is 0 Å². The van der Waals surface area contributed by atoms with E-state index in [1.54, 1.807) is 0 Å². The molecule has 0 atom stereocenters. The van der Waals surface area contributed by atoms with Gasteiger partial charge in [0, 0.05) is 32.9 Å². The first-order chi connectivity index (χ1) is 24.6. The molecule has 0 fully saturated rings. The van der Waals surface area contributed by atoms with Crippen LogP contribution >= 0.6 is 0 Å². The lowest BCUT2D eigenvalue weighted by Gasteiger charge is -2.29. The highest BCUT2D eigenvalue weighted by Gasteiger charge is 2.36. The number of hydrogen-bond donors (Lipinski definition) is 0. The molecule has 0 unspecified atom stereocenters. The van der Waals surface area contributed by atoms with Gasteiger partial charge in [0.2, 0.25) is 0 Å². The van der Waals surface area contributed by atoms with Gasteiger partial charge in [-0.2, -0.15) is 0 Å². The van der Waals surface area contributed by atoms with E-state index in [4.69, 9.17) is 8.83 Å². The van der Waals surface area contributed by atoms with Crippen molar-refractivity contribution in [1.29, 1.82) is 0 Å². The van der Waals surface area contributed by atoms with E-state index in [0.717, 1.165) is 71.7 Å². The average molecular weight is 642 g/mol. The molecule has 3 nitrogen and oxygen atoms in total. The van der Waals surface area contributed by atoms with Crippen molar-refractivity contribution in [3.8, 4) is 11.1 Å². The molecule has 2 heterocycles. The molecule has 50 heavy (non-hydrogen) atoms. The molecule has 1 aliphatic carbocycles. The summed E-state index contributed by atoms with van der Waals surface area (Å²) in [5.74, 6) is 0. The zero-order valence-electron chi connectivity index (χ0n) is 27.7. The minimum absolute atomic E-state index is 0.134. The summed E-state index contributed by atoms with van der Waals surface area (Å²) in [6.07, 6.45) is 0. The Hall–Kier alpha value is -6.32. The summed E-state index contributed by atoms with van der Waals surface area (Å²) < 4.78 is 13.7. The molecular weight excluding hydrogens is 611 g/mol. The topological polar surface area (TPSA) is 29.5 Å². The van der Waals surface area contributed by atoms with Crippen LogP contribution in [0.3, 0.4) is 0 Å². The zero-order valence-corrected chi connectivity index (χ0v) is 27.7. The van der Waals surface area contributed by atoms with Gasteiger partial charge in [0.1, 0.15) is 22.3 Å². The Bertz CT molecular complexity index is 3030. The third-order valence-corrected chi connectivity index (χ3v) is 11.0. The van der Waals surface area contributed by atoms with Crippen molar-refractivity contribution in [3.05, 3.63) is 163 Å². The van der Waals surface area contributed by atoms with Gasteiger partial charge in [-0.05, 0) is 80.9 Å². The Kier molecular flexibility index (Phi) is 5.45. The second kappa shape index (κ2) is 9.87. The van der Waals surface area contributed by atoms with Crippen LogP contribution in [0, 0.1) is 0 Å². The first-order valence-electron chi connectivity index (χ1n) is 17.3. The monoisotopic (exact) mass is 641 g/mol. The lowest BCUT2D eigenvalue weighted by atomic mass is 9.82. The van der Waals surface area contributed by atoms with Crippen molar-refractivity contribution in [2.75, 3.05) is 4.90 Å². The predicted octanol–water partition coefficient (Wildman–Crippen LogP) is 13.6. The van der Waals surface area contributed by atoms with Crippen LogP contribution in [0.4, 0.5) is 17.1 Å². The maximum absolute atomic E-state index is 6.87. The van der Waals surface area contributed by atoms with Gasteiger partial charge in [0.15, 0.2) is 0 Å². The van der Waals surface area contributed by atoms with E-state index in [9.17, 15) is 0 Å². The second-order valence-corrected chi connectivity index (χ2v) is 14.1. The van der Waals surface area contributed by atoms with Crippen LogP contribution in [0.15, 0.2) is 160 Å². The molecule has 0 aliphatic heterocycles. The number of benzene rings is 8. The molecule has 0 radical (unpaired) electrons. The van der Waals surface area contributed by atoms with Gasteiger partial charge in [-0.25, -0.2) is 0 Å². The lowest BCUT2D eigenvalue weighted by Crippen LogP contribution is -2.16. The number of furan rings is 2. The number of nitrogens with zero attached hydrogens (tertiary/aromatic N) is 1. The summed E-state index contributed by atoms with van der Waals surface area (Å²) in [6.45, 7) is 4.69. The largest absolute Gasteiger partial charge is 0.455 e. The molecule has 0 N–H and O–H groups in total. The fraction of sp³-hybridized carbons (Fsp3) is 0.0638. The maximum atomic E-state index is 6.87. The lowest BCUT2D eigenvalue weighted by molar-refractivity contribution is 0.660. The fourth-order valence-corrected chi connectivity index (χ4v) is 8.69. The highest BCUT2D eigenvalue weighted by molar-refractivity contribution is 6.35. The summed E-state index contributed by atoms with van der Waals surface area (Å²) in [6, 6.07) is 54.5. The van der Waals surface area contributed by atoms with Crippen molar-refractivity contribution >= 4 is 82.5 Å². The van der Waals surface area contributed by atoms with Crippen molar-refractivity contribution < 1.29 is 8.83 Å². The van der Waals surface area contributed by atoms with E-state index in [2.05, 4.69) is 164 Å². The van der Waals surface area contributed by atoms with Crippen LogP contribution in [-0.2, 0) is 5.41 Å². The summed E-state index contributed by atoms with van der Waals surface area (Å²) >= 11 is 0. The van der Waals surface area contributed by atoms with Crippen molar-refractivity contribution in [2.45, 2.75) is 19.3 Å². The zero-order chi connectivity index (χ0) is 33.1. The molecule has 0 bridgehead atoms. The number of para-hydroxylation sites is 1. The van der Waals surface area contributed by atoms with E-state index in [0.29, 0.717) is 0 Å². The van der Waals surface area contributed by atoms with Gasteiger partial charge in [0.05, 0.1) is 16.5 Å². The van der Waals surface area contributed by atoms with Crippen molar-refractivity contribution in [2.24, 2.45) is 0 Å². The molecule has 0 spiro atoms. The van der Waals surface area contributed by atoms with Gasteiger partial charge >= 0.3 is 0 Å². The average Bonchev–Trinajstić information content (AvgIpc) is 3.81. The van der Waals surface area contributed by atoms with Crippen LogP contribution < -0.4 is 4.90 Å². The third kappa shape index (κ3) is 3.64. The minimum atomic E-state index is -0.134. The SMILES string of the molecule is CC1(C)c2ccccc2-c2ccc(N(c3ccc4ccccc4c3)c3cccc4oc5c6ccccc6c6c7ccccc7oc6c5c34)cc21. The molecule has 236 valence electrons. The molecule has 0 amide bonds. The minimum Gasteiger partial charge on any atom is -0.455 e. The number of fused-ring (bicyclic) bond motifs is 14. The third-order valence-electron chi connectivity index (χ3n) is 11.0.